The van der Waals surface area contributed by atoms with E-state index >= 15 is 0 Å². The molecule has 1 heterocycles. The Hall–Kier alpha value is -4.85. The number of hydrogen-bond donors (Lipinski definition) is 2. The van der Waals surface area contributed by atoms with Crippen molar-refractivity contribution in [2.45, 2.75) is 13.8 Å². The van der Waals surface area contributed by atoms with E-state index in [0.29, 0.717) is 53.0 Å². The van der Waals surface area contributed by atoms with Crippen LogP contribution >= 0.6 is 0 Å². The molecular formula is C30H29N3O5. The highest BCUT2D eigenvalue weighted by molar-refractivity contribution is 5.73. The lowest BCUT2D eigenvalue weighted by molar-refractivity contribution is 0.350. The van der Waals surface area contributed by atoms with Gasteiger partial charge in [-0.3, -0.25) is 0 Å². The molecule has 0 amide bonds. The molecule has 0 saturated heterocycles. The molecule has 4 aromatic rings. The van der Waals surface area contributed by atoms with Crippen LogP contribution in [0.5, 0.6) is 28.7 Å². The second-order valence-corrected chi connectivity index (χ2v) is 8.88. The largest absolute Gasteiger partial charge is 0.507 e. The number of ether oxygens (including phenoxy) is 3. The Kier molecular flexibility index (Phi) is 7.91. The molecule has 3 aromatic carbocycles. The van der Waals surface area contributed by atoms with Crippen LogP contribution < -0.4 is 14.2 Å². The number of benzene rings is 3. The molecule has 0 aliphatic heterocycles. The number of nitrogens with zero attached hydrogens (tertiary/aromatic N) is 3. The van der Waals surface area contributed by atoms with Crippen LogP contribution in [0.2, 0.25) is 0 Å². The molecule has 0 aliphatic rings. The maximum atomic E-state index is 10.8. The van der Waals surface area contributed by atoms with Gasteiger partial charge < -0.3 is 24.4 Å². The average molecular weight is 512 g/mol. The van der Waals surface area contributed by atoms with Crippen LogP contribution in [-0.2, 0) is 0 Å². The Labute approximate surface area is 221 Å². The summed E-state index contributed by atoms with van der Waals surface area (Å²) >= 11 is 0. The minimum absolute atomic E-state index is 0.0294. The zero-order chi connectivity index (χ0) is 27.2. The fraction of sp³-hybridized carbons (Fsp3) is 0.167. The summed E-state index contributed by atoms with van der Waals surface area (Å²) in [4.78, 5) is 13.9. The first kappa shape index (κ1) is 26.2. The lowest BCUT2D eigenvalue weighted by atomic mass is 10.1. The average Bonchev–Trinajstić information content (AvgIpc) is 2.91. The molecule has 0 radical (unpaired) electrons. The number of methoxy groups -OCH3 is 1. The summed E-state index contributed by atoms with van der Waals surface area (Å²) < 4.78 is 16.7. The molecule has 4 rings (SSSR count). The SMILES string of the molecule is C=C(C)COc1ccc(-c2nc(-c3ccc(OC)cc3)nc(-c3cc(OCC(=C)C)ccc3O)n2)c(O)c1. The van der Waals surface area contributed by atoms with Gasteiger partial charge in [0.25, 0.3) is 0 Å². The van der Waals surface area contributed by atoms with E-state index < -0.39 is 0 Å². The van der Waals surface area contributed by atoms with Gasteiger partial charge >= 0.3 is 0 Å². The molecule has 0 saturated carbocycles. The first-order valence-electron chi connectivity index (χ1n) is 11.8. The van der Waals surface area contributed by atoms with E-state index in [4.69, 9.17) is 14.2 Å². The molecule has 38 heavy (non-hydrogen) atoms. The molecule has 1 aromatic heterocycles. The molecular weight excluding hydrogens is 482 g/mol. The van der Waals surface area contributed by atoms with Gasteiger partial charge in [0.1, 0.15) is 42.0 Å². The van der Waals surface area contributed by atoms with Gasteiger partial charge in [-0.25, -0.2) is 15.0 Å². The van der Waals surface area contributed by atoms with Crippen molar-refractivity contribution >= 4 is 0 Å². The second kappa shape index (κ2) is 11.5. The van der Waals surface area contributed by atoms with Gasteiger partial charge in [-0.2, -0.15) is 0 Å². The van der Waals surface area contributed by atoms with Crippen LogP contribution in [0.3, 0.4) is 0 Å². The highest BCUT2D eigenvalue weighted by atomic mass is 16.5. The molecule has 0 spiro atoms. The molecule has 0 aliphatic carbocycles. The number of phenols is 2. The highest BCUT2D eigenvalue weighted by Gasteiger charge is 2.18. The first-order chi connectivity index (χ1) is 18.2. The summed E-state index contributed by atoms with van der Waals surface area (Å²) in [6.45, 7) is 12.1. The predicted octanol–water partition coefficient (Wildman–Crippen LogP) is 6.20. The number of phenolic OH excluding ortho intramolecular Hbond substituents is 2. The fourth-order valence-corrected chi connectivity index (χ4v) is 3.47. The van der Waals surface area contributed by atoms with Crippen LogP contribution in [0.25, 0.3) is 34.2 Å². The fourth-order valence-electron chi connectivity index (χ4n) is 3.47. The molecule has 8 nitrogen and oxygen atoms in total. The molecule has 194 valence electrons. The molecule has 2 N–H and O–H groups in total. The minimum Gasteiger partial charge on any atom is -0.507 e. The first-order valence-corrected chi connectivity index (χ1v) is 11.8. The van der Waals surface area contributed by atoms with E-state index in [0.717, 1.165) is 11.1 Å². The smallest absolute Gasteiger partial charge is 0.167 e. The summed E-state index contributed by atoms with van der Waals surface area (Å²) in [5, 5.41) is 21.5. The van der Waals surface area contributed by atoms with Gasteiger partial charge in [0.15, 0.2) is 17.5 Å². The monoisotopic (exact) mass is 511 g/mol. The van der Waals surface area contributed by atoms with Crippen LogP contribution in [0.4, 0.5) is 0 Å². The summed E-state index contributed by atoms with van der Waals surface area (Å²) in [5.41, 5.74) is 3.14. The Morgan fingerprint density at radius 3 is 1.76 bits per heavy atom. The third kappa shape index (κ3) is 6.28. The maximum Gasteiger partial charge on any atom is 0.167 e. The zero-order valence-corrected chi connectivity index (χ0v) is 21.6. The van der Waals surface area contributed by atoms with E-state index in [1.54, 1.807) is 43.5 Å². The highest BCUT2D eigenvalue weighted by Crippen LogP contribution is 2.36. The van der Waals surface area contributed by atoms with Crippen molar-refractivity contribution in [3.05, 3.63) is 85.0 Å². The van der Waals surface area contributed by atoms with Crippen LogP contribution in [0.15, 0.2) is 85.0 Å². The number of rotatable bonds is 10. The van der Waals surface area contributed by atoms with Crippen molar-refractivity contribution in [3.63, 3.8) is 0 Å². The van der Waals surface area contributed by atoms with Crippen LogP contribution in [-0.4, -0.2) is 45.5 Å². The minimum atomic E-state index is -0.0650. The van der Waals surface area contributed by atoms with E-state index in [1.165, 1.54) is 12.1 Å². The van der Waals surface area contributed by atoms with Gasteiger partial charge in [-0.05, 0) is 79.6 Å². The van der Waals surface area contributed by atoms with Crippen molar-refractivity contribution in [2.75, 3.05) is 20.3 Å². The normalized spacial score (nSPS) is 10.6. The molecule has 0 bridgehead atoms. The standard InChI is InChI=1S/C30H29N3O5/c1-18(2)16-37-22-11-13-26(34)25(14-22)30-32-28(20-6-8-21(36-5)9-7-20)31-29(33-30)24-12-10-23(15-27(24)35)38-17-19(3)4/h6-15,34-35H,1,3,16-17H2,2,4-5H3. The van der Waals surface area contributed by atoms with E-state index in [2.05, 4.69) is 28.1 Å². The topological polar surface area (TPSA) is 107 Å². The van der Waals surface area contributed by atoms with Crippen LogP contribution in [0, 0.1) is 0 Å². The van der Waals surface area contributed by atoms with Crippen molar-refractivity contribution in [1.82, 2.24) is 15.0 Å². The second-order valence-electron chi connectivity index (χ2n) is 8.88. The number of aromatic hydroxyl groups is 2. The summed E-state index contributed by atoms with van der Waals surface area (Å²) in [6.07, 6.45) is 0. The Morgan fingerprint density at radius 1 is 0.658 bits per heavy atom. The third-order valence-corrected chi connectivity index (χ3v) is 5.37. The summed E-state index contributed by atoms with van der Waals surface area (Å²) in [5.74, 6) is 2.38. The van der Waals surface area contributed by atoms with Crippen LogP contribution in [0.1, 0.15) is 13.8 Å². The van der Waals surface area contributed by atoms with Gasteiger partial charge in [-0.15, -0.1) is 0 Å². The van der Waals surface area contributed by atoms with Crippen molar-refractivity contribution in [1.29, 1.82) is 0 Å². The molecule has 0 unspecified atom stereocenters. The quantitative estimate of drug-likeness (QED) is 0.242. The third-order valence-electron chi connectivity index (χ3n) is 5.37. The Bertz CT molecular complexity index is 1480. The molecule has 8 heteroatoms. The lowest BCUT2D eigenvalue weighted by Gasteiger charge is -2.13. The maximum absolute atomic E-state index is 10.8. The van der Waals surface area contributed by atoms with Crippen molar-refractivity contribution in [2.24, 2.45) is 0 Å². The van der Waals surface area contributed by atoms with E-state index in [-0.39, 0.29) is 23.1 Å². The Morgan fingerprint density at radius 2 is 1.18 bits per heavy atom. The number of hydrogen-bond acceptors (Lipinski definition) is 8. The van der Waals surface area contributed by atoms with E-state index in [1.807, 2.05) is 26.0 Å². The Balaban J connectivity index is 1.83. The molecule has 0 fully saturated rings. The van der Waals surface area contributed by atoms with E-state index in [9.17, 15) is 10.2 Å². The molecule has 0 atom stereocenters. The van der Waals surface area contributed by atoms with Gasteiger partial charge in [0, 0.05) is 11.6 Å². The summed E-state index contributed by atoms with van der Waals surface area (Å²) in [7, 11) is 1.59. The van der Waals surface area contributed by atoms with Crippen molar-refractivity contribution in [3.8, 4) is 62.9 Å². The number of aromatic nitrogens is 3. The summed E-state index contributed by atoms with van der Waals surface area (Å²) in [6, 6.07) is 17.0. The predicted molar refractivity (Wildman–Crippen MR) is 147 cm³/mol. The van der Waals surface area contributed by atoms with Crippen molar-refractivity contribution < 1.29 is 24.4 Å². The zero-order valence-electron chi connectivity index (χ0n) is 21.6. The van der Waals surface area contributed by atoms with Gasteiger partial charge in [-0.1, -0.05) is 13.2 Å². The van der Waals surface area contributed by atoms with Gasteiger partial charge in [0.05, 0.1) is 18.2 Å². The van der Waals surface area contributed by atoms with Gasteiger partial charge in [0.2, 0.25) is 0 Å². The lowest BCUT2D eigenvalue weighted by Crippen LogP contribution is -2.02.